The monoisotopic (exact) mass is 371 g/mol. The molecule has 5 nitrogen and oxygen atoms in total. The maximum absolute atomic E-state index is 13.3. The second-order valence-electron chi connectivity index (χ2n) is 5.83. The molecule has 1 aromatic heterocycles. The van der Waals surface area contributed by atoms with Gasteiger partial charge in [-0.2, -0.15) is 0 Å². The van der Waals surface area contributed by atoms with Gasteiger partial charge >= 0.3 is 0 Å². The number of fused-ring (bicyclic) bond motifs is 1. The molecule has 0 aliphatic rings. The van der Waals surface area contributed by atoms with Crippen molar-refractivity contribution in [2.75, 3.05) is 14.2 Å². The highest BCUT2D eigenvalue weighted by molar-refractivity contribution is 7.91. The van der Waals surface area contributed by atoms with Crippen LogP contribution in [0.15, 0.2) is 71.1 Å². The Kier molecular flexibility index (Phi) is 5.15. The minimum absolute atomic E-state index is 0.242. The summed E-state index contributed by atoms with van der Waals surface area (Å²) in [6.45, 7) is 4.05. The highest BCUT2D eigenvalue weighted by Crippen LogP contribution is 2.37. The molecule has 0 saturated carbocycles. The normalized spacial score (nSPS) is 11.6. The molecular weight excluding hydrogens is 350 g/mol. The van der Waals surface area contributed by atoms with Gasteiger partial charge in [-0.1, -0.05) is 24.3 Å². The van der Waals surface area contributed by atoms with Gasteiger partial charge in [0.05, 0.1) is 22.4 Å². The second-order valence-corrected chi connectivity index (χ2v) is 7.75. The van der Waals surface area contributed by atoms with Crippen LogP contribution < -0.4 is 4.74 Å². The zero-order valence-corrected chi connectivity index (χ0v) is 15.6. The summed E-state index contributed by atoms with van der Waals surface area (Å²) in [7, 11) is -0.546. The molecular formula is C20H21NO4S. The number of nitrogens with zero attached hydrogens (tertiary/aromatic N) is 1. The average molecular weight is 371 g/mol. The van der Waals surface area contributed by atoms with E-state index in [4.69, 9.17) is 9.47 Å². The van der Waals surface area contributed by atoms with Gasteiger partial charge in [-0.05, 0) is 30.7 Å². The molecule has 26 heavy (non-hydrogen) atoms. The van der Waals surface area contributed by atoms with Gasteiger partial charge in [0.25, 0.3) is 0 Å². The van der Waals surface area contributed by atoms with E-state index >= 15 is 0 Å². The number of methoxy groups -OCH3 is 2. The van der Waals surface area contributed by atoms with Gasteiger partial charge in [0, 0.05) is 24.3 Å². The molecule has 1 heterocycles. The van der Waals surface area contributed by atoms with Gasteiger partial charge < -0.3 is 14.0 Å². The second kappa shape index (κ2) is 7.35. The standard InChI is InChI=1S/C20H21NO4S/c1-4-8-16-18(25-3)12-11-17-20(16)19(13-21(17)14-24-2)26(22,23)15-9-6-5-7-10-15/h4-7,9-13H,1,8,14H2,2-3H3. The molecule has 0 atom stereocenters. The Hall–Kier alpha value is -2.57. The van der Waals surface area contributed by atoms with E-state index in [1.54, 1.807) is 61.4 Å². The van der Waals surface area contributed by atoms with E-state index in [0.29, 0.717) is 17.6 Å². The Morgan fingerprint density at radius 1 is 1.12 bits per heavy atom. The van der Waals surface area contributed by atoms with E-state index in [1.165, 1.54) is 0 Å². The number of ether oxygens (including phenoxy) is 2. The van der Waals surface area contributed by atoms with Crippen molar-refractivity contribution < 1.29 is 17.9 Å². The first-order valence-electron chi connectivity index (χ1n) is 8.13. The Bertz CT molecular complexity index is 1040. The lowest BCUT2D eigenvalue weighted by molar-refractivity contribution is 0.134. The third kappa shape index (κ3) is 3.02. The number of aromatic nitrogens is 1. The molecule has 136 valence electrons. The first-order chi connectivity index (χ1) is 12.5. The smallest absolute Gasteiger partial charge is 0.208 e. The van der Waals surface area contributed by atoms with Crippen LogP contribution in [0, 0.1) is 0 Å². The van der Waals surface area contributed by atoms with E-state index in [0.717, 1.165) is 11.1 Å². The summed E-state index contributed by atoms with van der Waals surface area (Å²) in [6, 6.07) is 12.1. The SMILES string of the molecule is C=CCc1c(OC)ccc2c1c(S(=O)(=O)c1ccccc1)cn2COC. The van der Waals surface area contributed by atoms with E-state index in [-0.39, 0.29) is 16.5 Å². The Morgan fingerprint density at radius 3 is 2.46 bits per heavy atom. The van der Waals surface area contributed by atoms with Gasteiger partial charge in [-0.25, -0.2) is 8.42 Å². The van der Waals surface area contributed by atoms with Crippen LogP contribution in [0.25, 0.3) is 10.9 Å². The zero-order valence-electron chi connectivity index (χ0n) is 14.8. The third-order valence-corrected chi connectivity index (χ3v) is 6.04. The lowest BCUT2D eigenvalue weighted by Crippen LogP contribution is -2.02. The summed E-state index contributed by atoms with van der Waals surface area (Å²) >= 11 is 0. The molecule has 0 bridgehead atoms. The van der Waals surface area contributed by atoms with E-state index in [2.05, 4.69) is 6.58 Å². The van der Waals surface area contributed by atoms with Crippen LogP contribution in [0.2, 0.25) is 0 Å². The fourth-order valence-corrected chi connectivity index (χ4v) is 4.65. The van der Waals surface area contributed by atoms with Gasteiger partial charge in [0.2, 0.25) is 9.84 Å². The van der Waals surface area contributed by atoms with Crippen molar-refractivity contribution in [2.45, 2.75) is 22.9 Å². The minimum Gasteiger partial charge on any atom is -0.496 e. The number of hydrogen-bond acceptors (Lipinski definition) is 4. The molecule has 0 radical (unpaired) electrons. The average Bonchev–Trinajstić information content (AvgIpc) is 3.03. The van der Waals surface area contributed by atoms with Crippen LogP contribution in [0.1, 0.15) is 5.56 Å². The lowest BCUT2D eigenvalue weighted by Gasteiger charge is -2.11. The van der Waals surface area contributed by atoms with Crippen molar-refractivity contribution in [3.63, 3.8) is 0 Å². The van der Waals surface area contributed by atoms with Crippen LogP contribution >= 0.6 is 0 Å². The van der Waals surface area contributed by atoms with Crippen molar-refractivity contribution >= 4 is 20.7 Å². The summed E-state index contributed by atoms with van der Waals surface area (Å²) < 4.78 is 39.1. The third-order valence-electron chi connectivity index (χ3n) is 4.26. The highest BCUT2D eigenvalue weighted by Gasteiger charge is 2.26. The predicted molar refractivity (Wildman–Crippen MR) is 101 cm³/mol. The molecule has 2 aromatic carbocycles. The van der Waals surface area contributed by atoms with Crippen molar-refractivity contribution in [2.24, 2.45) is 0 Å². The molecule has 0 aliphatic carbocycles. The fraction of sp³-hybridized carbons (Fsp3) is 0.200. The number of allylic oxidation sites excluding steroid dienone is 1. The maximum atomic E-state index is 13.3. The van der Waals surface area contributed by atoms with Gasteiger partial charge in [0.1, 0.15) is 12.5 Å². The molecule has 0 amide bonds. The first kappa shape index (κ1) is 18.2. The Labute approximate surface area is 153 Å². The van der Waals surface area contributed by atoms with Crippen LogP contribution in [-0.2, 0) is 27.7 Å². The number of hydrogen-bond donors (Lipinski definition) is 0. The quantitative estimate of drug-likeness (QED) is 0.593. The van der Waals surface area contributed by atoms with E-state index in [1.807, 2.05) is 12.1 Å². The minimum atomic E-state index is -3.70. The summed E-state index contributed by atoms with van der Waals surface area (Å²) in [6.07, 6.45) is 3.86. The molecule has 3 aromatic rings. The predicted octanol–water partition coefficient (Wildman–Crippen LogP) is 3.82. The molecule has 0 fully saturated rings. The zero-order chi connectivity index (χ0) is 18.7. The molecule has 0 spiro atoms. The van der Waals surface area contributed by atoms with Gasteiger partial charge in [-0.3, -0.25) is 0 Å². The Balaban J connectivity index is 2.39. The van der Waals surface area contributed by atoms with Crippen molar-refractivity contribution in [1.29, 1.82) is 0 Å². The van der Waals surface area contributed by atoms with Crippen LogP contribution in [0.3, 0.4) is 0 Å². The van der Waals surface area contributed by atoms with Crippen molar-refractivity contribution in [1.82, 2.24) is 4.57 Å². The number of benzene rings is 2. The van der Waals surface area contributed by atoms with Crippen LogP contribution in [0.4, 0.5) is 0 Å². The number of rotatable bonds is 7. The van der Waals surface area contributed by atoms with Crippen LogP contribution in [0.5, 0.6) is 5.75 Å². The summed E-state index contributed by atoms with van der Waals surface area (Å²) in [5, 5.41) is 0.644. The lowest BCUT2D eigenvalue weighted by atomic mass is 10.1. The molecule has 6 heteroatoms. The van der Waals surface area contributed by atoms with E-state index in [9.17, 15) is 8.42 Å². The maximum Gasteiger partial charge on any atom is 0.208 e. The van der Waals surface area contributed by atoms with E-state index < -0.39 is 9.84 Å². The summed E-state index contributed by atoms with van der Waals surface area (Å²) in [5.74, 6) is 0.636. The molecule has 0 saturated heterocycles. The highest BCUT2D eigenvalue weighted by atomic mass is 32.2. The fourth-order valence-electron chi connectivity index (χ4n) is 3.12. The molecule has 0 N–H and O–H groups in total. The first-order valence-corrected chi connectivity index (χ1v) is 9.61. The van der Waals surface area contributed by atoms with Crippen LogP contribution in [-0.4, -0.2) is 27.2 Å². The van der Waals surface area contributed by atoms with Crippen molar-refractivity contribution in [3.05, 3.63) is 66.9 Å². The number of sulfone groups is 1. The van der Waals surface area contributed by atoms with Gasteiger partial charge in [-0.15, -0.1) is 6.58 Å². The largest absolute Gasteiger partial charge is 0.496 e. The molecule has 3 rings (SSSR count). The molecule has 0 unspecified atom stereocenters. The molecule has 0 aliphatic heterocycles. The Morgan fingerprint density at radius 2 is 1.85 bits per heavy atom. The van der Waals surface area contributed by atoms with Crippen molar-refractivity contribution in [3.8, 4) is 5.75 Å². The summed E-state index contributed by atoms with van der Waals surface area (Å²) in [4.78, 5) is 0.496. The van der Waals surface area contributed by atoms with Gasteiger partial charge in [0.15, 0.2) is 0 Å². The topological polar surface area (TPSA) is 57.5 Å². The summed E-state index contributed by atoms with van der Waals surface area (Å²) in [5.41, 5.74) is 1.57.